The van der Waals surface area contributed by atoms with Crippen LogP contribution in [-0.2, 0) is 11.3 Å². The van der Waals surface area contributed by atoms with Crippen LogP contribution < -0.4 is 4.74 Å². The number of imidazole rings is 1. The first-order chi connectivity index (χ1) is 13.9. The second-order valence-corrected chi connectivity index (χ2v) is 8.09. The van der Waals surface area contributed by atoms with E-state index in [0.717, 1.165) is 33.8 Å². The van der Waals surface area contributed by atoms with Crippen molar-refractivity contribution in [2.45, 2.75) is 32.9 Å². The van der Waals surface area contributed by atoms with E-state index in [1.807, 2.05) is 51.2 Å². The van der Waals surface area contributed by atoms with Gasteiger partial charge in [0.15, 0.2) is 0 Å². The van der Waals surface area contributed by atoms with Gasteiger partial charge in [0, 0.05) is 23.5 Å². The zero-order chi connectivity index (χ0) is 20.4. The van der Waals surface area contributed by atoms with Gasteiger partial charge in [-0.15, -0.1) is 0 Å². The van der Waals surface area contributed by atoms with Gasteiger partial charge in [-0.05, 0) is 44.0 Å². The summed E-state index contributed by atoms with van der Waals surface area (Å²) in [6.07, 6.45) is 3.24. The third kappa shape index (κ3) is 4.42. The fourth-order valence-electron chi connectivity index (χ4n) is 3.30. The molecule has 0 saturated heterocycles. The number of H-pyrrole nitrogens is 1. The number of carbonyl (C=O) groups is 1. The van der Waals surface area contributed by atoms with E-state index >= 15 is 0 Å². The van der Waals surface area contributed by atoms with Gasteiger partial charge in [0.05, 0.1) is 13.1 Å². The molecule has 29 heavy (non-hydrogen) atoms. The van der Waals surface area contributed by atoms with Crippen molar-refractivity contribution < 1.29 is 14.3 Å². The number of benzene rings is 2. The smallest absolute Gasteiger partial charge is 0.410 e. The molecule has 0 radical (unpaired) electrons. The number of hydrogen-bond donors (Lipinski definition) is 1. The Labute approximate surface area is 170 Å². The number of hydrogen-bond acceptors (Lipinski definition) is 4. The Morgan fingerprint density at radius 3 is 2.52 bits per heavy atom. The van der Waals surface area contributed by atoms with Gasteiger partial charge in [-0.25, -0.2) is 9.78 Å². The van der Waals surface area contributed by atoms with Crippen LogP contribution in [0.5, 0.6) is 5.75 Å². The van der Waals surface area contributed by atoms with Crippen LogP contribution in [0.3, 0.4) is 0 Å². The van der Waals surface area contributed by atoms with Crippen LogP contribution in [0.15, 0.2) is 54.9 Å². The highest BCUT2D eigenvalue weighted by molar-refractivity contribution is 5.71. The van der Waals surface area contributed by atoms with Crippen molar-refractivity contribution in [2.24, 2.45) is 0 Å². The Morgan fingerprint density at radius 1 is 1.10 bits per heavy atom. The average molecular weight is 391 g/mol. The molecule has 0 saturated carbocycles. The highest BCUT2D eigenvalue weighted by atomic mass is 16.6. The first kappa shape index (κ1) is 19.1. The topological polar surface area (TPSA) is 67.4 Å². The largest absolute Gasteiger partial charge is 0.491 e. The number of rotatable bonds is 2. The number of aromatic nitrogens is 2. The van der Waals surface area contributed by atoms with Crippen molar-refractivity contribution in [3.63, 3.8) is 0 Å². The van der Waals surface area contributed by atoms with E-state index in [4.69, 9.17) is 9.47 Å². The van der Waals surface area contributed by atoms with Crippen molar-refractivity contribution in [3.05, 3.63) is 60.4 Å². The minimum absolute atomic E-state index is 0.317. The second kappa shape index (κ2) is 7.62. The first-order valence-corrected chi connectivity index (χ1v) is 9.73. The third-order valence-electron chi connectivity index (χ3n) is 4.68. The minimum atomic E-state index is -0.523. The molecule has 1 N–H and O–H groups in total. The molecular formula is C23H25N3O3. The van der Waals surface area contributed by atoms with Crippen molar-refractivity contribution in [2.75, 3.05) is 13.2 Å². The van der Waals surface area contributed by atoms with Crippen LogP contribution in [0.4, 0.5) is 4.79 Å². The van der Waals surface area contributed by atoms with Crippen LogP contribution in [0.1, 0.15) is 26.3 Å². The highest BCUT2D eigenvalue weighted by Crippen LogP contribution is 2.30. The molecule has 1 aliphatic heterocycles. The van der Waals surface area contributed by atoms with Crippen molar-refractivity contribution in [1.29, 1.82) is 0 Å². The van der Waals surface area contributed by atoms with Gasteiger partial charge >= 0.3 is 6.09 Å². The minimum Gasteiger partial charge on any atom is -0.491 e. The van der Waals surface area contributed by atoms with E-state index in [-0.39, 0.29) is 6.09 Å². The summed E-state index contributed by atoms with van der Waals surface area (Å²) in [6.45, 7) is 7.02. The SMILES string of the molecule is CC(C)(C)OC(=O)N1CCOc2ccc(-c3ccc(-c4ncc[nH]4)cc3)cc2C1. The maximum Gasteiger partial charge on any atom is 0.410 e. The molecule has 1 aromatic heterocycles. The van der Waals surface area contributed by atoms with Crippen molar-refractivity contribution in [3.8, 4) is 28.3 Å². The van der Waals surface area contributed by atoms with Crippen LogP contribution in [0.25, 0.3) is 22.5 Å². The summed E-state index contributed by atoms with van der Waals surface area (Å²) in [5.41, 5.74) is 3.65. The van der Waals surface area contributed by atoms with Crippen molar-refractivity contribution >= 4 is 6.09 Å². The first-order valence-electron chi connectivity index (χ1n) is 9.73. The van der Waals surface area contributed by atoms with Gasteiger partial charge in [-0.2, -0.15) is 0 Å². The standard InChI is InChI=1S/C23H25N3O3/c1-23(2,3)29-22(27)26-12-13-28-20-9-8-18(14-19(20)15-26)16-4-6-17(7-5-16)21-24-10-11-25-21/h4-11,14H,12-13,15H2,1-3H3,(H,24,25). The molecule has 3 aromatic rings. The van der Waals surface area contributed by atoms with E-state index in [1.165, 1.54) is 0 Å². The summed E-state index contributed by atoms with van der Waals surface area (Å²) in [6, 6.07) is 14.3. The molecule has 0 aliphatic carbocycles. The molecule has 1 amide bonds. The molecule has 0 fully saturated rings. The maximum absolute atomic E-state index is 12.5. The summed E-state index contributed by atoms with van der Waals surface area (Å²) in [5.74, 6) is 1.66. The summed E-state index contributed by atoms with van der Waals surface area (Å²) >= 11 is 0. The molecule has 150 valence electrons. The fraction of sp³-hybridized carbons (Fsp3) is 0.304. The maximum atomic E-state index is 12.5. The third-order valence-corrected chi connectivity index (χ3v) is 4.68. The second-order valence-electron chi connectivity index (χ2n) is 8.09. The number of nitrogens with one attached hydrogen (secondary N) is 1. The predicted octanol–water partition coefficient (Wildman–Crippen LogP) is 4.87. The molecule has 6 heteroatoms. The number of amides is 1. The van der Waals surface area contributed by atoms with E-state index < -0.39 is 5.60 Å². The van der Waals surface area contributed by atoms with Crippen LogP contribution in [-0.4, -0.2) is 39.7 Å². The molecule has 2 aromatic carbocycles. The lowest BCUT2D eigenvalue weighted by Gasteiger charge is -2.26. The van der Waals surface area contributed by atoms with Gasteiger partial charge in [0.1, 0.15) is 23.8 Å². The number of ether oxygens (including phenoxy) is 2. The van der Waals surface area contributed by atoms with Crippen molar-refractivity contribution in [1.82, 2.24) is 14.9 Å². The van der Waals surface area contributed by atoms with E-state index in [0.29, 0.717) is 19.7 Å². The van der Waals surface area contributed by atoms with Gasteiger partial charge in [-0.3, -0.25) is 0 Å². The Balaban J connectivity index is 1.57. The Bertz CT molecular complexity index is 989. The van der Waals surface area contributed by atoms with E-state index in [9.17, 15) is 4.79 Å². The summed E-state index contributed by atoms with van der Waals surface area (Å²) in [7, 11) is 0. The average Bonchev–Trinajstić information content (AvgIpc) is 3.13. The molecule has 0 bridgehead atoms. The highest BCUT2D eigenvalue weighted by Gasteiger charge is 2.25. The quantitative estimate of drug-likeness (QED) is 0.676. The van der Waals surface area contributed by atoms with Gasteiger partial charge < -0.3 is 19.4 Å². The van der Waals surface area contributed by atoms with Gasteiger partial charge in [-0.1, -0.05) is 30.3 Å². The lowest BCUT2D eigenvalue weighted by Crippen LogP contribution is -2.37. The Morgan fingerprint density at radius 2 is 1.83 bits per heavy atom. The number of nitrogens with zero attached hydrogens (tertiary/aromatic N) is 2. The molecule has 4 rings (SSSR count). The zero-order valence-corrected chi connectivity index (χ0v) is 16.9. The van der Waals surface area contributed by atoms with Crippen LogP contribution in [0.2, 0.25) is 0 Å². The molecule has 1 aliphatic rings. The molecule has 0 atom stereocenters. The lowest BCUT2D eigenvalue weighted by atomic mass is 10.0. The molecule has 0 spiro atoms. The number of carbonyl (C=O) groups excluding carboxylic acids is 1. The zero-order valence-electron chi connectivity index (χ0n) is 16.9. The van der Waals surface area contributed by atoms with E-state index in [1.54, 1.807) is 11.1 Å². The Hall–Kier alpha value is -3.28. The molecule has 6 nitrogen and oxygen atoms in total. The number of aromatic amines is 1. The lowest BCUT2D eigenvalue weighted by molar-refractivity contribution is 0.0225. The Kier molecular flexibility index (Phi) is 5.01. The molecule has 0 unspecified atom stereocenters. The van der Waals surface area contributed by atoms with Gasteiger partial charge in [0.2, 0.25) is 0 Å². The monoisotopic (exact) mass is 391 g/mol. The molecule has 2 heterocycles. The van der Waals surface area contributed by atoms with Gasteiger partial charge in [0.25, 0.3) is 0 Å². The summed E-state index contributed by atoms with van der Waals surface area (Å²) in [4.78, 5) is 21.6. The predicted molar refractivity (Wildman–Crippen MR) is 112 cm³/mol. The number of fused-ring (bicyclic) bond motifs is 1. The fourth-order valence-corrected chi connectivity index (χ4v) is 3.30. The summed E-state index contributed by atoms with van der Waals surface area (Å²) in [5, 5.41) is 0. The summed E-state index contributed by atoms with van der Waals surface area (Å²) < 4.78 is 11.4. The van der Waals surface area contributed by atoms with Crippen LogP contribution >= 0.6 is 0 Å². The van der Waals surface area contributed by atoms with Crippen LogP contribution in [0, 0.1) is 0 Å². The van der Waals surface area contributed by atoms with E-state index in [2.05, 4.69) is 28.2 Å². The molecular weight excluding hydrogens is 366 g/mol. The normalized spacial score (nSPS) is 14.0.